The second-order valence-corrected chi connectivity index (χ2v) is 15.0. The van der Waals surface area contributed by atoms with Crippen LogP contribution in [0.3, 0.4) is 0 Å². The van der Waals surface area contributed by atoms with E-state index < -0.39 is 23.7 Å². The molecular weight excluding hydrogens is 689 g/mol. The standard InChI is InChI=1S/C38H49ClFN7O5/c1-22(2)31(24(5)35-45-46-36(52-35)25-13-15-27(40)16-14-25)43-34(50)29-11-10-20-47(29)37(51)32(23(3)4)42-30(48)12-8-9-18-38(6,7)44-33(49)28-21-26(39)17-19-41-28/h13-17,19,21-23,29,31-32H,5,8-12,18,20H2,1-4,6-7H3,(H,42,48)(H,43,50)(H,44,49)/t29-,31?,32?/m0/s1. The quantitative estimate of drug-likeness (QED) is 0.152. The lowest BCUT2D eigenvalue weighted by atomic mass is 9.96. The third-order valence-electron chi connectivity index (χ3n) is 9.08. The number of unbranched alkanes of at least 4 members (excludes halogenated alkanes) is 1. The number of likely N-dealkylation sites (tertiary alicyclic amines) is 1. The largest absolute Gasteiger partial charge is 0.416 e. The lowest BCUT2D eigenvalue weighted by Gasteiger charge is -2.32. The molecule has 52 heavy (non-hydrogen) atoms. The maximum atomic E-state index is 13.9. The molecule has 0 aliphatic carbocycles. The molecule has 4 rings (SSSR count). The summed E-state index contributed by atoms with van der Waals surface area (Å²) in [4.78, 5) is 58.9. The second-order valence-electron chi connectivity index (χ2n) is 14.6. The minimum atomic E-state index is -0.805. The minimum absolute atomic E-state index is 0.104. The highest BCUT2D eigenvalue weighted by Gasteiger charge is 2.40. The highest BCUT2D eigenvalue weighted by Crippen LogP contribution is 2.27. The topological polar surface area (TPSA) is 159 Å². The van der Waals surface area contributed by atoms with E-state index in [-0.39, 0.29) is 65.2 Å². The summed E-state index contributed by atoms with van der Waals surface area (Å²) in [5.41, 5.74) is 0.645. The van der Waals surface area contributed by atoms with Gasteiger partial charge in [0.15, 0.2) is 0 Å². The maximum Gasteiger partial charge on any atom is 0.270 e. The summed E-state index contributed by atoms with van der Waals surface area (Å²) < 4.78 is 19.2. The van der Waals surface area contributed by atoms with Crippen molar-refractivity contribution in [3.05, 3.63) is 71.6 Å². The SMILES string of the molecule is C=C(c1nnc(-c2ccc(F)cc2)o1)C(NC(=O)[C@@H]1CCCN1C(=O)C(NC(=O)CCCCC(C)(C)NC(=O)c1cc(Cl)ccn1)C(C)C)C(C)C. The van der Waals surface area contributed by atoms with Crippen molar-refractivity contribution in [3.8, 4) is 11.5 Å². The summed E-state index contributed by atoms with van der Waals surface area (Å²) in [7, 11) is 0. The van der Waals surface area contributed by atoms with E-state index in [0.717, 1.165) is 0 Å². The molecule has 2 unspecified atom stereocenters. The van der Waals surface area contributed by atoms with Crippen LogP contribution >= 0.6 is 11.6 Å². The van der Waals surface area contributed by atoms with Crippen LogP contribution in [0, 0.1) is 17.7 Å². The number of benzene rings is 1. The highest BCUT2D eigenvalue weighted by atomic mass is 35.5. The summed E-state index contributed by atoms with van der Waals surface area (Å²) in [6.07, 6.45) is 4.64. The maximum absolute atomic E-state index is 13.9. The predicted octanol–water partition coefficient (Wildman–Crippen LogP) is 5.98. The number of hydrogen-bond acceptors (Lipinski definition) is 8. The van der Waals surface area contributed by atoms with Crippen LogP contribution in [0.15, 0.2) is 53.6 Å². The molecule has 3 heterocycles. The van der Waals surface area contributed by atoms with Gasteiger partial charge in [0, 0.05) is 40.9 Å². The van der Waals surface area contributed by atoms with Gasteiger partial charge < -0.3 is 25.3 Å². The third kappa shape index (κ3) is 10.7. The molecule has 1 saturated heterocycles. The third-order valence-corrected chi connectivity index (χ3v) is 9.32. The van der Waals surface area contributed by atoms with E-state index >= 15 is 0 Å². The Hall–Kier alpha value is -4.65. The predicted molar refractivity (Wildman–Crippen MR) is 196 cm³/mol. The van der Waals surface area contributed by atoms with Crippen molar-refractivity contribution in [1.82, 2.24) is 36.0 Å². The molecular formula is C38H49ClFN7O5. The van der Waals surface area contributed by atoms with E-state index in [1.165, 1.54) is 36.5 Å². The molecule has 1 aliphatic heterocycles. The lowest BCUT2D eigenvalue weighted by molar-refractivity contribution is -0.142. The molecule has 14 heteroatoms. The number of hydrogen-bond donors (Lipinski definition) is 3. The van der Waals surface area contributed by atoms with Crippen LogP contribution in [0.2, 0.25) is 5.02 Å². The molecule has 0 spiro atoms. The monoisotopic (exact) mass is 737 g/mol. The van der Waals surface area contributed by atoms with Crippen molar-refractivity contribution in [2.75, 3.05) is 6.54 Å². The van der Waals surface area contributed by atoms with Crippen molar-refractivity contribution in [2.24, 2.45) is 11.8 Å². The molecule has 0 bridgehead atoms. The molecule has 1 aliphatic rings. The van der Waals surface area contributed by atoms with Crippen molar-refractivity contribution in [2.45, 2.75) is 104 Å². The van der Waals surface area contributed by atoms with Crippen LogP contribution in [0.4, 0.5) is 4.39 Å². The molecule has 3 aromatic rings. The Morgan fingerprint density at radius 1 is 1.02 bits per heavy atom. The summed E-state index contributed by atoms with van der Waals surface area (Å²) in [5.74, 6) is -1.60. The fourth-order valence-electron chi connectivity index (χ4n) is 6.16. The first-order valence-corrected chi connectivity index (χ1v) is 18.1. The first-order chi connectivity index (χ1) is 24.6. The molecule has 3 atom stereocenters. The number of rotatable bonds is 16. The van der Waals surface area contributed by atoms with Gasteiger partial charge >= 0.3 is 0 Å². The first kappa shape index (κ1) is 40.1. The number of amides is 4. The molecule has 1 aromatic carbocycles. The van der Waals surface area contributed by atoms with E-state index in [4.69, 9.17) is 16.0 Å². The number of aromatic nitrogens is 3. The van der Waals surface area contributed by atoms with E-state index in [0.29, 0.717) is 54.8 Å². The zero-order chi connectivity index (χ0) is 38.2. The summed E-state index contributed by atoms with van der Waals surface area (Å²) in [6, 6.07) is 6.66. The molecule has 280 valence electrons. The van der Waals surface area contributed by atoms with E-state index in [1.54, 1.807) is 11.0 Å². The molecule has 0 radical (unpaired) electrons. The Labute approximate surface area is 309 Å². The van der Waals surface area contributed by atoms with Crippen LogP contribution in [0.5, 0.6) is 0 Å². The zero-order valence-corrected chi connectivity index (χ0v) is 31.4. The van der Waals surface area contributed by atoms with Gasteiger partial charge in [0.2, 0.25) is 29.5 Å². The molecule has 0 saturated carbocycles. The summed E-state index contributed by atoms with van der Waals surface area (Å²) in [5, 5.41) is 17.5. The van der Waals surface area contributed by atoms with Gasteiger partial charge in [0.05, 0.1) is 6.04 Å². The van der Waals surface area contributed by atoms with E-state index in [9.17, 15) is 23.6 Å². The van der Waals surface area contributed by atoms with Crippen LogP contribution in [-0.2, 0) is 14.4 Å². The van der Waals surface area contributed by atoms with Crippen LogP contribution in [0.25, 0.3) is 17.0 Å². The van der Waals surface area contributed by atoms with Gasteiger partial charge in [-0.3, -0.25) is 24.2 Å². The van der Waals surface area contributed by atoms with Crippen molar-refractivity contribution in [1.29, 1.82) is 0 Å². The fraction of sp³-hybridized carbons (Fsp3) is 0.500. The normalized spacial score (nSPS) is 15.7. The van der Waals surface area contributed by atoms with Crippen LogP contribution in [-0.4, -0.2) is 73.9 Å². The van der Waals surface area contributed by atoms with Crippen LogP contribution < -0.4 is 16.0 Å². The van der Waals surface area contributed by atoms with Gasteiger partial charge in [-0.2, -0.15) is 0 Å². The van der Waals surface area contributed by atoms with Gasteiger partial charge in [0.25, 0.3) is 5.91 Å². The van der Waals surface area contributed by atoms with Gasteiger partial charge in [-0.15, -0.1) is 10.2 Å². The van der Waals surface area contributed by atoms with Gasteiger partial charge in [0.1, 0.15) is 23.6 Å². The first-order valence-electron chi connectivity index (χ1n) is 17.7. The average Bonchev–Trinajstić information content (AvgIpc) is 3.78. The Balaban J connectivity index is 1.31. The second kappa shape index (κ2) is 17.7. The average molecular weight is 738 g/mol. The number of halogens is 2. The van der Waals surface area contributed by atoms with Crippen molar-refractivity contribution >= 4 is 40.8 Å². The van der Waals surface area contributed by atoms with Crippen molar-refractivity contribution in [3.63, 3.8) is 0 Å². The fourth-order valence-corrected chi connectivity index (χ4v) is 6.32. The number of pyridine rings is 1. The highest BCUT2D eigenvalue weighted by molar-refractivity contribution is 6.30. The smallest absolute Gasteiger partial charge is 0.270 e. The zero-order valence-electron chi connectivity index (χ0n) is 30.7. The molecule has 2 aromatic heterocycles. The van der Waals surface area contributed by atoms with Crippen molar-refractivity contribution < 1.29 is 28.0 Å². The van der Waals surface area contributed by atoms with Crippen LogP contribution in [0.1, 0.15) is 96.4 Å². The summed E-state index contributed by atoms with van der Waals surface area (Å²) in [6.45, 7) is 15.9. The molecule has 12 nitrogen and oxygen atoms in total. The van der Waals surface area contributed by atoms with Gasteiger partial charge in [-0.1, -0.05) is 52.3 Å². The Morgan fingerprint density at radius 2 is 1.71 bits per heavy atom. The Morgan fingerprint density at radius 3 is 2.37 bits per heavy atom. The number of nitrogens with zero attached hydrogens (tertiary/aromatic N) is 4. The molecule has 3 N–H and O–H groups in total. The van der Waals surface area contributed by atoms with E-state index in [1.807, 2.05) is 41.5 Å². The number of carbonyl (C=O) groups is 4. The number of nitrogens with one attached hydrogen (secondary N) is 3. The van der Waals surface area contributed by atoms with Gasteiger partial charge in [-0.25, -0.2) is 4.39 Å². The molecule has 1 fully saturated rings. The summed E-state index contributed by atoms with van der Waals surface area (Å²) >= 11 is 5.99. The Kier molecular flexibility index (Phi) is 13.7. The Bertz CT molecular complexity index is 1740. The van der Waals surface area contributed by atoms with Gasteiger partial charge in [-0.05, 0) is 87.8 Å². The molecule has 4 amide bonds. The number of carbonyl (C=O) groups excluding carboxylic acids is 4. The minimum Gasteiger partial charge on any atom is -0.416 e. The van der Waals surface area contributed by atoms with E-state index in [2.05, 4.69) is 37.7 Å². The lowest BCUT2D eigenvalue weighted by Crippen LogP contribution is -2.56.